The maximum absolute atomic E-state index is 13.9. The zero-order valence-corrected chi connectivity index (χ0v) is 18.0. The molecule has 3 rings (SSSR count). The second-order valence-electron chi connectivity index (χ2n) is 7.23. The molecule has 0 spiro atoms. The highest BCUT2D eigenvalue weighted by atomic mass is 79.9. The van der Waals surface area contributed by atoms with E-state index >= 15 is 0 Å². The summed E-state index contributed by atoms with van der Waals surface area (Å²) in [6.45, 7) is 6.61. The van der Waals surface area contributed by atoms with Crippen LogP contribution >= 0.6 is 28.1 Å². The molecule has 0 radical (unpaired) electrons. The van der Waals surface area contributed by atoms with Crippen molar-refractivity contribution in [2.75, 3.05) is 23.3 Å². The summed E-state index contributed by atoms with van der Waals surface area (Å²) in [5, 5.41) is 6.54. The lowest BCUT2D eigenvalue weighted by Crippen LogP contribution is -2.34. The van der Waals surface area contributed by atoms with Crippen LogP contribution in [0.3, 0.4) is 0 Å². The summed E-state index contributed by atoms with van der Waals surface area (Å²) in [6.07, 6.45) is 2.58. The second-order valence-corrected chi connectivity index (χ2v) is 8.55. The maximum Gasteiger partial charge on any atom is 0.171 e. The van der Waals surface area contributed by atoms with Crippen molar-refractivity contribution in [3.05, 3.63) is 58.3 Å². The minimum absolute atomic E-state index is 0.0258. The van der Waals surface area contributed by atoms with Crippen LogP contribution in [0, 0.1) is 11.7 Å². The van der Waals surface area contributed by atoms with Gasteiger partial charge in [-0.15, -0.1) is 0 Å². The van der Waals surface area contributed by atoms with Crippen LogP contribution in [-0.2, 0) is 0 Å². The fourth-order valence-corrected chi connectivity index (χ4v) is 4.05. The van der Waals surface area contributed by atoms with Gasteiger partial charge in [0.05, 0.1) is 11.7 Å². The molecule has 0 amide bonds. The zero-order chi connectivity index (χ0) is 19.4. The quantitative estimate of drug-likeness (QED) is 0.570. The van der Waals surface area contributed by atoms with E-state index in [2.05, 4.69) is 62.7 Å². The van der Waals surface area contributed by atoms with Crippen LogP contribution < -0.4 is 15.5 Å². The van der Waals surface area contributed by atoms with Gasteiger partial charge in [-0.3, -0.25) is 0 Å². The molecule has 0 unspecified atom stereocenters. The molecule has 3 nitrogen and oxygen atoms in total. The van der Waals surface area contributed by atoms with Crippen LogP contribution in [0.5, 0.6) is 0 Å². The summed E-state index contributed by atoms with van der Waals surface area (Å²) in [5.41, 5.74) is 2.77. The second kappa shape index (κ2) is 9.02. The van der Waals surface area contributed by atoms with Crippen molar-refractivity contribution < 1.29 is 4.39 Å². The van der Waals surface area contributed by atoms with Crippen LogP contribution in [0.4, 0.5) is 15.8 Å². The minimum atomic E-state index is -0.346. The fraction of sp³-hybridized carbons (Fsp3) is 0.381. The highest BCUT2D eigenvalue weighted by Gasteiger charge is 2.17. The highest BCUT2D eigenvalue weighted by Crippen LogP contribution is 2.25. The Balaban J connectivity index is 1.58. The number of nitrogens with zero attached hydrogens (tertiary/aromatic N) is 1. The van der Waals surface area contributed by atoms with Crippen LogP contribution in [0.2, 0.25) is 0 Å². The molecule has 2 atom stereocenters. The third kappa shape index (κ3) is 5.42. The summed E-state index contributed by atoms with van der Waals surface area (Å²) in [4.78, 5) is 2.46. The number of piperidine rings is 1. The van der Waals surface area contributed by atoms with Gasteiger partial charge >= 0.3 is 0 Å². The van der Waals surface area contributed by atoms with Gasteiger partial charge in [0.1, 0.15) is 5.82 Å². The first-order valence-electron chi connectivity index (χ1n) is 9.30. The van der Waals surface area contributed by atoms with Gasteiger partial charge in [0.15, 0.2) is 5.11 Å². The van der Waals surface area contributed by atoms with Crippen LogP contribution in [0.25, 0.3) is 0 Å². The Kier molecular flexibility index (Phi) is 6.71. The number of halogens is 2. The fourth-order valence-electron chi connectivity index (χ4n) is 3.43. The Morgan fingerprint density at radius 1 is 1.26 bits per heavy atom. The van der Waals surface area contributed by atoms with E-state index in [1.165, 1.54) is 24.6 Å². The summed E-state index contributed by atoms with van der Waals surface area (Å²) in [7, 11) is 0. The summed E-state index contributed by atoms with van der Waals surface area (Å²) >= 11 is 8.59. The van der Waals surface area contributed by atoms with Crippen molar-refractivity contribution in [2.24, 2.45) is 5.92 Å². The Morgan fingerprint density at radius 2 is 2.00 bits per heavy atom. The largest absolute Gasteiger partial charge is 0.371 e. The summed E-state index contributed by atoms with van der Waals surface area (Å²) < 4.78 is 14.6. The van der Waals surface area contributed by atoms with E-state index in [0.717, 1.165) is 24.6 Å². The van der Waals surface area contributed by atoms with Gasteiger partial charge < -0.3 is 15.5 Å². The molecule has 0 aromatic heterocycles. The average Bonchev–Trinajstić information content (AvgIpc) is 2.64. The van der Waals surface area contributed by atoms with Gasteiger partial charge in [-0.2, -0.15) is 0 Å². The van der Waals surface area contributed by atoms with Gasteiger partial charge in [0.25, 0.3) is 0 Å². The normalized spacial score (nSPS) is 18.1. The van der Waals surface area contributed by atoms with Gasteiger partial charge in [-0.1, -0.05) is 35.0 Å². The smallest absolute Gasteiger partial charge is 0.171 e. The molecule has 0 bridgehead atoms. The third-order valence-electron chi connectivity index (χ3n) is 4.94. The lowest BCUT2D eigenvalue weighted by Gasteiger charge is -2.33. The number of benzene rings is 2. The molecule has 1 fully saturated rings. The maximum atomic E-state index is 13.9. The molecule has 2 N–H and O–H groups in total. The van der Waals surface area contributed by atoms with E-state index in [9.17, 15) is 4.39 Å². The van der Waals surface area contributed by atoms with E-state index < -0.39 is 0 Å². The summed E-state index contributed by atoms with van der Waals surface area (Å²) in [5.74, 6) is 0.405. The van der Waals surface area contributed by atoms with Crippen LogP contribution in [0.1, 0.15) is 38.3 Å². The first kappa shape index (κ1) is 20.1. The Labute approximate surface area is 174 Å². The average molecular weight is 450 g/mol. The Hall–Kier alpha value is -1.66. The number of anilines is 2. The Morgan fingerprint density at radius 3 is 2.67 bits per heavy atom. The van der Waals surface area contributed by atoms with Crippen molar-refractivity contribution in [1.29, 1.82) is 0 Å². The van der Waals surface area contributed by atoms with Crippen molar-refractivity contribution in [1.82, 2.24) is 5.32 Å². The number of rotatable bonds is 4. The van der Waals surface area contributed by atoms with Crippen molar-refractivity contribution in [3.63, 3.8) is 0 Å². The van der Waals surface area contributed by atoms with Gasteiger partial charge in [-0.25, -0.2) is 4.39 Å². The zero-order valence-electron chi connectivity index (χ0n) is 15.6. The van der Waals surface area contributed by atoms with Gasteiger partial charge in [-0.05, 0) is 73.8 Å². The number of thiocarbonyl (C=S) groups is 1. The lowest BCUT2D eigenvalue weighted by atomic mass is 9.99. The lowest BCUT2D eigenvalue weighted by molar-refractivity contribution is 0.447. The molecule has 144 valence electrons. The molecule has 0 saturated carbocycles. The van der Waals surface area contributed by atoms with E-state index in [-0.39, 0.29) is 11.9 Å². The van der Waals surface area contributed by atoms with E-state index in [0.29, 0.717) is 15.3 Å². The van der Waals surface area contributed by atoms with Crippen molar-refractivity contribution in [3.8, 4) is 0 Å². The van der Waals surface area contributed by atoms with Crippen LogP contribution in [-0.4, -0.2) is 18.2 Å². The minimum Gasteiger partial charge on any atom is -0.371 e. The molecular formula is C21H25BrFN3S. The van der Waals surface area contributed by atoms with E-state index in [1.54, 1.807) is 12.1 Å². The predicted molar refractivity (Wildman–Crippen MR) is 119 cm³/mol. The van der Waals surface area contributed by atoms with Crippen molar-refractivity contribution >= 4 is 44.6 Å². The molecule has 0 aliphatic carbocycles. The molecule has 6 heteroatoms. The van der Waals surface area contributed by atoms with Crippen molar-refractivity contribution in [2.45, 2.75) is 32.7 Å². The van der Waals surface area contributed by atoms with E-state index in [1.807, 2.05) is 6.92 Å². The molecule has 1 aliphatic rings. The van der Waals surface area contributed by atoms with Crippen LogP contribution in [0.15, 0.2) is 46.9 Å². The molecular weight excluding hydrogens is 425 g/mol. The monoisotopic (exact) mass is 449 g/mol. The first-order chi connectivity index (χ1) is 12.9. The molecule has 2 aromatic carbocycles. The number of nitrogens with one attached hydrogen (secondary N) is 2. The standard InChI is InChI=1S/C21H25BrFN3S/c1-14-4-3-11-26(13-14)18-8-5-16(6-9-18)15(2)24-21(27)25-20-10-7-17(22)12-19(20)23/h5-10,12,14-15H,3-4,11,13H2,1-2H3,(H2,24,25,27)/t14-,15+/m1/s1. The number of hydrogen-bond donors (Lipinski definition) is 2. The topological polar surface area (TPSA) is 27.3 Å². The highest BCUT2D eigenvalue weighted by molar-refractivity contribution is 9.10. The molecule has 27 heavy (non-hydrogen) atoms. The molecule has 2 aromatic rings. The third-order valence-corrected chi connectivity index (χ3v) is 5.66. The number of hydrogen-bond acceptors (Lipinski definition) is 2. The molecule has 1 aliphatic heterocycles. The predicted octanol–water partition coefficient (Wildman–Crippen LogP) is 5.87. The van der Waals surface area contributed by atoms with Gasteiger partial charge in [0, 0.05) is 23.2 Å². The Bertz CT molecular complexity index is 797. The van der Waals surface area contributed by atoms with E-state index in [4.69, 9.17) is 12.2 Å². The summed E-state index contributed by atoms with van der Waals surface area (Å²) in [6, 6.07) is 13.5. The SMILES string of the molecule is C[C@@H]1CCCN(c2ccc([C@H](C)NC(=S)Nc3ccc(Br)cc3F)cc2)C1. The molecule has 1 heterocycles. The first-order valence-corrected chi connectivity index (χ1v) is 10.5. The van der Waals surface area contributed by atoms with Gasteiger partial charge in [0.2, 0.25) is 0 Å². The molecule has 1 saturated heterocycles.